The van der Waals surface area contributed by atoms with Crippen molar-refractivity contribution in [2.24, 2.45) is 7.05 Å². The van der Waals surface area contributed by atoms with E-state index in [1.54, 1.807) is 14.0 Å². The van der Waals surface area contributed by atoms with Gasteiger partial charge in [-0.2, -0.15) is 37.9 Å². The van der Waals surface area contributed by atoms with Crippen LogP contribution in [-0.4, -0.2) is 34.6 Å². The van der Waals surface area contributed by atoms with Crippen LogP contribution in [0.4, 0.5) is 13.2 Å². The van der Waals surface area contributed by atoms with Gasteiger partial charge in [0.15, 0.2) is 11.3 Å². The second-order valence-corrected chi connectivity index (χ2v) is 7.03. The van der Waals surface area contributed by atoms with Crippen molar-refractivity contribution in [2.75, 3.05) is 0 Å². The van der Waals surface area contributed by atoms with Crippen molar-refractivity contribution in [3.8, 4) is 28.6 Å². The van der Waals surface area contributed by atoms with Crippen molar-refractivity contribution < 1.29 is 13.2 Å². The van der Waals surface area contributed by atoms with E-state index in [-0.39, 0.29) is 27.5 Å². The van der Waals surface area contributed by atoms with Gasteiger partial charge in [0.05, 0.1) is 22.0 Å². The van der Waals surface area contributed by atoms with Crippen molar-refractivity contribution in [1.29, 1.82) is 5.26 Å². The minimum absolute atomic E-state index is 0.0350. The van der Waals surface area contributed by atoms with Gasteiger partial charge in [-0.1, -0.05) is 11.6 Å². The smallest absolute Gasteiger partial charge is 0.284 e. The number of aromatic amines is 1. The molecule has 0 bridgehead atoms. The first-order chi connectivity index (χ1) is 14.5. The first kappa shape index (κ1) is 20.5. The number of fused-ring (bicyclic) bond motifs is 1. The molecule has 0 aliphatic carbocycles. The molecule has 0 aliphatic heterocycles. The Morgan fingerprint density at radius 2 is 1.90 bits per heavy atom. The predicted octanol–water partition coefficient (Wildman–Crippen LogP) is 3.04. The van der Waals surface area contributed by atoms with E-state index in [1.807, 2.05) is 5.10 Å². The van der Waals surface area contributed by atoms with Crippen LogP contribution in [-0.2, 0) is 13.2 Å². The van der Waals surface area contributed by atoms with Crippen molar-refractivity contribution in [1.82, 2.24) is 34.6 Å². The molecule has 0 spiro atoms. The summed E-state index contributed by atoms with van der Waals surface area (Å²) >= 11 is 6.53. The van der Waals surface area contributed by atoms with Gasteiger partial charge in [-0.25, -0.2) is 4.98 Å². The maximum Gasteiger partial charge on any atom is 0.434 e. The summed E-state index contributed by atoms with van der Waals surface area (Å²) in [5.41, 5.74) is -1.90. The van der Waals surface area contributed by atoms with E-state index in [2.05, 4.69) is 20.2 Å². The van der Waals surface area contributed by atoms with Gasteiger partial charge in [-0.3, -0.25) is 14.9 Å². The predicted molar refractivity (Wildman–Crippen MR) is 103 cm³/mol. The van der Waals surface area contributed by atoms with Gasteiger partial charge >= 0.3 is 6.18 Å². The van der Waals surface area contributed by atoms with Crippen LogP contribution in [0.15, 0.2) is 17.1 Å². The molecule has 4 aromatic heterocycles. The minimum atomic E-state index is -4.87. The molecular formula is C18H12ClF3N8O. The molecule has 0 aromatic carbocycles. The summed E-state index contributed by atoms with van der Waals surface area (Å²) in [7, 11) is 1.62. The number of nitrogens with zero attached hydrogens (tertiary/aromatic N) is 7. The molecule has 13 heteroatoms. The highest BCUT2D eigenvalue weighted by Gasteiger charge is 2.38. The normalized spacial score (nSPS) is 11.8. The number of aryl methyl sites for hydroxylation is 3. The standard InChI is InChI=1S/C18H12ClF3N8O/c1-7-11(9-4-5-24-14(12(9)19)13-8(2)26-29(3)27-13)17(31)30-16(25-7)10(6-23)15(28-30)18(20,21)22/h4-5,28H,1-3H3. The molecule has 0 saturated carbocycles. The zero-order chi connectivity index (χ0) is 22.7. The van der Waals surface area contributed by atoms with Gasteiger partial charge < -0.3 is 0 Å². The quantitative estimate of drug-likeness (QED) is 0.503. The fraction of sp³-hybridized carbons (Fsp3) is 0.222. The second-order valence-electron chi connectivity index (χ2n) is 6.65. The number of halogens is 4. The number of pyridine rings is 1. The van der Waals surface area contributed by atoms with Gasteiger partial charge in [0.1, 0.15) is 23.0 Å². The molecule has 0 aliphatic rings. The molecule has 4 rings (SSSR count). The monoisotopic (exact) mass is 448 g/mol. The fourth-order valence-corrected chi connectivity index (χ4v) is 3.62. The number of rotatable bonds is 2. The molecule has 0 saturated heterocycles. The third-order valence-corrected chi connectivity index (χ3v) is 5.00. The molecule has 158 valence electrons. The Morgan fingerprint density at radius 1 is 1.19 bits per heavy atom. The van der Waals surface area contributed by atoms with E-state index >= 15 is 0 Å². The third kappa shape index (κ3) is 3.14. The van der Waals surface area contributed by atoms with E-state index in [1.165, 1.54) is 30.1 Å². The van der Waals surface area contributed by atoms with E-state index in [4.69, 9.17) is 11.6 Å². The summed E-state index contributed by atoms with van der Waals surface area (Å²) in [4.78, 5) is 22.8. The van der Waals surface area contributed by atoms with Crippen molar-refractivity contribution in [3.05, 3.63) is 50.3 Å². The summed E-state index contributed by atoms with van der Waals surface area (Å²) in [6, 6.07) is 2.91. The number of nitriles is 1. The van der Waals surface area contributed by atoms with Gasteiger partial charge in [0.2, 0.25) is 0 Å². The fourth-order valence-electron chi connectivity index (χ4n) is 3.32. The van der Waals surface area contributed by atoms with Gasteiger partial charge in [0.25, 0.3) is 5.56 Å². The first-order valence-corrected chi connectivity index (χ1v) is 9.08. The summed E-state index contributed by atoms with van der Waals surface area (Å²) in [6.45, 7) is 3.16. The van der Waals surface area contributed by atoms with Crippen LogP contribution in [0.25, 0.3) is 28.2 Å². The lowest BCUT2D eigenvalue weighted by molar-refractivity contribution is -0.141. The number of alkyl halides is 3. The van der Waals surface area contributed by atoms with Crippen LogP contribution in [0.3, 0.4) is 0 Å². The van der Waals surface area contributed by atoms with E-state index in [9.17, 15) is 23.2 Å². The summed E-state index contributed by atoms with van der Waals surface area (Å²) < 4.78 is 40.5. The number of H-pyrrole nitrogens is 1. The molecule has 31 heavy (non-hydrogen) atoms. The highest BCUT2D eigenvalue weighted by molar-refractivity contribution is 6.35. The van der Waals surface area contributed by atoms with Crippen LogP contribution in [0.2, 0.25) is 5.02 Å². The van der Waals surface area contributed by atoms with Crippen LogP contribution in [0, 0.1) is 25.2 Å². The molecule has 4 heterocycles. The Bertz CT molecular complexity index is 1460. The van der Waals surface area contributed by atoms with E-state index in [0.29, 0.717) is 15.9 Å². The van der Waals surface area contributed by atoms with Crippen molar-refractivity contribution in [2.45, 2.75) is 20.0 Å². The SMILES string of the molecule is Cc1nn(C)nc1-c1nccc(-c2c(C)nc3c(C#N)c(C(F)(F)F)[nH]n3c2=O)c1Cl. The molecule has 9 nitrogen and oxygen atoms in total. The lowest BCUT2D eigenvalue weighted by Crippen LogP contribution is -2.20. The minimum Gasteiger partial charge on any atom is -0.284 e. The Kier molecular flexibility index (Phi) is 4.58. The van der Waals surface area contributed by atoms with Gasteiger partial charge in [0, 0.05) is 18.8 Å². The largest absolute Gasteiger partial charge is 0.434 e. The lowest BCUT2D eigenvalue weighted by atomic mass is 10.0. The van der Waals surface area contributed by atoms with Gasteiger partial charge in [-0.05, 0) is 19.9 Å². The zero-order valence-corrected chi connectivity index (χ0v) is 17.0. The number of aromatic nitrogens is 7. The topological polar surface area (TPSA) is 118 Å². The van der Waals surface area contributed by atoms with Crippen molar-refractivity contribution in [3.63, 3.8) is 0 Å². The van der Waals surface area contributed by atoms with Crippen LogP contribution in [0.5, 0.6) is 0 Å². The summed E-state index contributed by atoms with van der Waals surface area (Å²) in [5, 5.41) is 19.6. The summed E-state index contributed by atoms with van der Waals surface area (Å²) in [5.74, 6) is 0. The summed E-state index contributed by atoms with van der Waals surface area (Å²) in [6.07, 6.45) is -3.47. The number of hydrogen-bond acceptors (Lipinski definition) is 6. The highest BCUT2D eigenvalue weighted by Crippen LogP contribution is 2.36. The van der Waals surface area contributed by atoms with Gasteiger partial charge in [-0.15, -0.1) is 0 Å². The van der Waals surface area contributed by atoms with Crippen LogP contribution in [0.1, 0.15) is 22.6 Å². The Balaban J connectivity index is 2.02. The molecule has 0 amide bonds. The van der Waals surface area contributed by atoms with Crippen LogP contribution >= 0.6 is 11.6 Å². The molecule has 1 N–H and O–H groups in total. The first-order valence-electron chi connectivity index (χ1n) is 8.70. The lowest BCUT2D eigenvalue weighted by Gasteiger charge is -2.10. The second kappa shape index (κ2) is 6.92. The maximum atomic E-state index is 13.3. The molecule has 4 aromatic rings. The average molecular weight is 449 g/mol. The molecule has 0 fully saturated rings. The Labute approximate surface area is 176 Å². The molecule has 0 atom stereocenters. The van der Waals surface area contributed by atoms with Crippen molar-refractivity contribution >= 4 is 17.2 Å². The average Bonchev–Trinajstić information content (AvgIpc) is 3.22. The molecular weight excluding hydrogens is 437 g/mol. The Hall–Kier alpha value is -3.72. The zero-order valence-electron chi connectivity index (χ0n) is 16.2. The molecule has 0 unspecified atom stereocenters. The Morgan fingerprint density at radius 3 is 2.48 bits per heavy atom. The maximum absolute atomic E-state index is 13.3. The third-order valence-electron chi connectivity index (χ3n) is 4.62. The van der Waals surface area contributed by atoms with E-state index < -0.39 is 28.6 Å². The number of nitrogens with one attached hydrogen (secondary N) is 1. The number of hydrogen-bond donors (Lipinski definition) is 1. The molecule has 0 radical (unpaired) electrons. The van der Waals surface area contributed by atoms with Crippen LogP contribution < -0.4 is 5.56 Å². The highest BCUT2D eigenvalue weighted by atomic mass is 35.5. The van der Waals surface area contributed by atoms with E-state index in [0.717, 1.165) is 0 Å².